The van der Waals surface area contributed by atoms with Crippen molar-refractivity contribution in [3.8, 4) is 11.4 Å². The number of imidazole rings is 1. The Hall–Kier alpha value is -5.50. The minimum absolute atomic E-state index is 0.0596. The lowest BCUT2D eigenvalue weighted by Crippen LogP contribution is -2.17. The Labute approximate surface area is 280 Å². The average molecular weight is 642 g/mol. The highest BCUT2D eigenvalue weighted by Crippen LogP contribution is 2.29. The first-order valence-corrected chi connectivity index (χ1v) is 16.5. The van der Waals surface area contributed by atoms with Gasteiger partial charge in [-0.05, 0) is 41.7 Å². The summed E-state index contributed by atoms with van der Waals surface area (Å²) in [6, 6.07) is 32.8. The summed E-state index contributed by atoms with van der Waals surface area (Å²) >= 11 is 0. The van der Waals surface area contributed by atoms with Crippen molar-refractivity contribution < 1.29 is 23.9 Å². The molecule has 1 aliphatic carbocycles. The zero-order valence-electron chi connectivity index (χ0n) is 26.8. The van der Waals surface area contributed by atoms with E-state index in [9.17, 15) is 14.4 Å². The third-order valence-electron chi connectivity index (χ3n) is 8.60. The number of esters is 2. The molecule has 0 saturated heterocycles. The summed E-state index contributed by atoms with van der Waals surface area (Å²) in [6.07, 6.45) is 7.78. The van der Waals surface area contributed by atoms with Gasteiger partial charge in [0, 0.05) is 16.9 Å². The number of nitrogens with one attached hydrogen (secondary N) is 2. The van der Waals surface area contributed by atoms with Crippen LogP contribution in [0.3, 0.4) is 0 Å². The van der Waals surface area contributed by atoms with Crippen molar-refractivity contribution in [2.45, 2.75) is 58.2 Å². The summed E-state index contributed by atoms with van der Waals surface area (Å²) in [4.78, 5) is 48.6. The highest BCUT2D eigenvalue weighted by molar-refractivity contribution is 6.06. The first kappa shape index (κ1) is 32.4. The number of aromatic nitrogens is 2. The maximum atomic E-state index is 13.9. The van der Waals surface area contributed by atoms with Crippen molar-refractivity contribution in [3.63, 3.8) is 0 Å². The molecular weight excluding hydrogens is 602 g/mol. The van der Waals surface area contributed by atoms with E-state index in [0.717, 1.165) is 35.2 Å². The molecule has 1 heterocycles. The van der Waals surface area contributed by atoms with E-state index in [2.05, 4.69) is 10.3 Å². The summed E-state index contributed by atoms with van der Waals surface area (Å²) in [5, 5.41) is 2.91. The second-order valence-corrected chi connectivity index (χ2v) is 12.2. The molecule has 1 aliphatic rings. The van der Waals surface area contributed by atoms with Crippen LogP contribution in [-0.4, -0.2) is 27.8 Å². The Morgan fingerprint density at radius 3 is 1.75 bits per heavy atom. The Bertz CT molecular complexity index is 1760. The van der Waals surface area contributed by atoms with Crippen LogP contribution in [0.2, 0.25) is 0 Å². The molecule has 0 atom stereocenters. The third kappa shape index (κ3) is 8.64. The van der Waals surface area contributed by atoms with Crippen molar-refractivity contribution in [2.75, 3.05) is 5.32 Å². The molecule has 0 aliphatic heterocycles. The number of amides is 1. The second kappa shape index (κ2) is 15.9. The number of ether oxygens (including phenoxy) is 2. The number of hydrogen-bond donors (Lipinski definition) is 2. The lowest BCUT2D eigenvalue weighted by atomic mass is 9.94. The van der Waals surface area contributed by atoms with Crippen LogP contribution in [0.1, 0.15) is 86.6 Å². The van der Waals surface area contributed by atoms with Gasteiger partial charge in [-0.25, -0.2) is 14.6 Å². The Morgan fingerprint density at radius 2 is 1.21 bits per heavy atom. The summed E-state index contributed by atoms with van der Waals surface area (Å²) < 4.78 is 11.1. The van der Waals surface area contributed by atoms with Crippen molar-refractivity contribution >= 4 is 23.5 Å². The van der Waals surface area contributed by atoms with Gasteiger partial charge in [-0.15, -0.1) is 0 Å². The molecule has 8 nitrogen and oxygen atoms in total. The van der Waals surface area contributed by atoms with Gasteiger partial charge < -0.3 is 19.8 Å². The van der Waals surface area contributed by atoms with E-state index < -0.39 is 17.8 Å². The van der Waals surface area contributed by atoms with Gasteiger partial charge in [-0.3, -0.25) is 4.79 Å². The Kier molecular flexibility index (Phi) is 10.7. The van der Waals surface area contributed by atoms with Crippen LogP contribution < -0.4 is 5.32 Å². The molecule has 244 valence electrons. The lowest BCUT2D eigenvalue weighted by Gasteiger charge is -2.14. The van der Waals surface area contributed by atoms with Gasteiger partial charge in [-0.2, -0.15) is 0 Å². The molecule has 0 bridgehead atoms. The molecule has 1 aromatic heterocycles. The normalized spacial score (nSPS) is 13.3. The monoisotopic (exact) mass is 641 g/mol. The molecule has 5 aromatic rings. The number of anilines is 1. The van der Waals surface area contributed by atoms with E-state index in [-0.39, 0.29) is 30.0 Å². The van der Waals surface area contributed by atoms with Crippen molar-refractivity contribution in [2.24, 2.45) is 5.92 Å². The summed E-state index contributed by atoms with van der Waals surface area (Å²) in [5.74, 6) is -0.625. The average Bonchev–Trinajstić information content (AvgIpc) is 3.38. The van der Waals surface area contributed by atoms with Crippen LogP contribution >= 0.6 is 0 Å². The number of rotatable bonds is 11. The van der Waals surface area contributed by atoms with Gasteiger partial charge in [-0.1, -0.05) is 130 Å². The quantitative estimate of drug-likeness (QED) is 0.110. The molecule has 48 heavy (non-hydrogen) atoms. The number of hydrogen-bond acceptors (Lipinski definition) is 6. The van der Waals surface area contributed by atoms with Gasteiger partial charge in [0.25, 0.3) is 5.91 Å². The van der Waals surface area contributed by atoms with Crippen molar-refractivity contribution in [1.82, 2.24) is 9.97 Å². The number of aromatic amines is 1. The minimum Gasteiger partial charge on any atom is -0.457 e. The Morgan fingerprint density at radius 1 is 0.688 bits per heavy atom. The topological polar surface area (TPSA) is 110 Å². The first-order valence-electron chi connectivity index (χ1n) is 16.5. The molecule has 0 radical (unpaired) electrons. The van der Waals surface area contributed by atoms with Crippen LogP contribution in [0.5, 0.6) is 0 Å². The molecule has 2 N–H and O–H groups in total. The van der Waals surface area contributed by atoms with Crippen LogP contribution in [-0.2, 0) is 29.1 Å². The molecular formula is C40H39N3O5. The van der Waals surface area contributed by atoms with Gasteiger partial charge in [0.1, 0.15) is 24.7 Å². The van der Waals surface area contributed by atoms with Crippen LogP contribution in [0.4, 0.5) is 5.69 Å². The van der Waals surface area contributed by atoms with Gasteiger partial charge in [0.15, 0.2) is 0 Å². The van der Waals surface area contributed by atoms with E-state index >= 15 is 0 Å². The predicted molar refractivity (Wildman–Crippen MR) is 184 cm³/mol. The van der Waals surface area contributed by atoms with E-state index in [1.54, 1.807) is 0 Å². The number of nitrogens with zero attached hydrogens (tertiary/aromatic N) is 1. The fourth-order valence-corrected chi connectivity index (χ4v) is 6.07. The maximum Gasteiger partial charge on any atom is 0.338 e. The predicted octanol–water partition coefficient (Wildman–Crippen LogP) is 8.56. The molecule has 1 saturated carbocycles. The zero-order valence-corrected chi connectivity index (χ0v) is 26.8. The van der Waals surface area contributed by atoms with Gasteiger partial charge >= 0.3 is 11.9 Å². The lowest BCUT2D eigenvalue weighted by molar-refractivity contribution is 0.0470. The number of H-pyrrole nitrogens is 1. The summed E-state index contributed by atoms with van der Waals surface area (Å²) in [5.41, 5.74) is 4.08. The fraction of sp³-hybridized carbons (Fsp3) is 0.250. The largest absolute Gasteiger partial charge is 0.457 e. The number of carbonyl (C=O) groups is 3. The molecule has 4 aromatic carbocycles. The van der Waals surface area contributed by atoms with Crippen LogP contribution in [0, 0.1) is 5.92 Å². The van der Waals surface area contributed by atoms with Crippen molar-refractivity contribution in [3.05, 3.63) is 143 Å². The second-order valence-electron chi connectivity index (χ2n) is 12.2. The van der Waals surface area contributed by atoms with E-state index in [1.165, 1.54) is 43.9 Å². The SMILES string of the molecule is O=C(OCc1ccccc1)c1cc(NC(=O)c2nc(-c3ccccc3)[nH]c2CC2CCCCCC2)cc(C(=O)OCc2ccccc2)c1. The minimum atomic E-state index is -0.632. The Balaban J connectivity index is 1.27. The fourth-order valence-electron chi connectivity index (χ4n) is 6.07. The molecule has 0 unspecified atom stereocenters. The van der Waals surface area contributed by atoms with E-state index in [0.29, 0.717) is 23.9 Å². The smallest absolute Gasteiger partial charge is 0.338 e. The van der Waals surface area contributed by atoms with Gasteiger partial charge in [0.2, 0.25) is 0 Å². The van der Waals surface area contributed by atoms with Gasteiger partial charge in [0.05, 0.1) is 11.1 Å². The standard InChI is InChI=1S/C40H39N3O5/c44-38(36-35(22-28-14-6-1-2-7-15-28)42-37(43-36)31-20-12-5-13-21-31)41-34-24-32(39(45)47-26-29-16-8-3-9-17-29)23-33(25-34)40(46)48-27-30-18-10-4-11-19-30/h3-5,8-13,16-21,23-25,28H,1-2,6-7,14-15,22,26-27H2,(H,41,44)(H,42,43). The van der Waals surface area contributed by atoms with E-state index in [4.69, 9.17) is 14.5 Å². The zero-order chi connectivity index (χ0) is 33.1. The molecule has 1 fully saturated rings. The summed E-state index contributed by atoms with van der Waals surface area (Å²) in [6.45, 7) is 0.119. The molecule has 8 heteroatoms. The summed E-state index contributed by atoms with van der Waals surface area (Å²) in [7, 11) is 0. The number of benzene rings is 4. The van der Waals surface area contributed by atoms with E-state index in [1.807, 2.05) is 91.0 Å². The van der Waals surface area contributed by atoms with Crippen molar-refractivity contribution in [1.29, 1.82) is 0 Å². The van der Waals surface area contributed by atoms with Crippen LogP contribution in [0.15, 0.2) is 109 Å². The third-order valence-corrected chi connectivity index (χ3v) is 8.60. The molecule has 0 spiro atoms. The number of carbonyl (C=O) groups excluding carboxylic acids is 3. The van der Waals surface area contributed by atoms with Crippen LogP contribution in [0.25, 0.3) is 11.4 Å². The highest BCUT2D eigenvalue weighted by atomic mass is 16.5. The maximum absolute atomic E-state index is 13.9. The first-order chi connectivity index (χ1) is 23.5. The molecule has 1 amide bonds. The molecule has 6 rings (SSSR count). The highest BCUT2D eigenvalue weighted by Gasteiger charge is 2.24.